The van der Waals surface area contributed by atoms with Crippen molar-refractivity contribution in [3.05, 3.63) is 57.1 Å². The molecule has 1 aliphatic heterocycles. The lowest BCUT2D eigenvalue weighted by Crippen LogP contribution is -2.28. The molecule has 148 valence electrons. The number of benzene rings is 2. The van der Waals surface area contributed by atoms with Gasteiger partial charge in [-0.05, 0) is 80.1 Å². The zero-order valence-electron chi connectivity index (χ0n) is 16.9. The fourth-order valence-electron chi connectivity index (χ4n) is 3.31. The van der Waals surface area contributed by atoms with Crippen LogP contribution in [0.3, 0.4) is 0 Å². The second kappa shape index (κ2) is 7.92. The Morgan fingerprint density at radius 1 is 0.929 bits per heavy atom. The summed E-state index contributed by atoms with van der Waals surface area (Å²) in [6, 6.07) is 5.47. The van der Waals surface area contributed by atoms with Crippen LogP contribution in [-0.2, 0) is 16.1 Å². The fraction of sp³-hybridized carbons (Fsp3) is 0.364. The number of rotatable bonds is 5. The van der Waals surface area contributed by atoms with Crippen LogP contribution in [0, 0.1) is 34.6 Å². The van der Waals surface area contributed by atoms with Gasteiger partial charge in [-0.2, -0.15) is 0 Å². The molecule has 1 aliphatic rings. The molecule has 28 heavy (non-hydrogen) atoms. The van der Waals surface area contributed by atoms with Gasteiger partial charge in [0.05, 0.1) is 5.56 Å². The van der Waals surface area contributed by atoms with Gasteiger partial charge in [-0.3, -0.25) is 4.79 Å². The Balaban J connectivity index is 1.58. The molecule has 0 saturated carbocycles. The number of nitrogens with one attached hydrogen (secondary N) is 1. The third-order valence-corrected chi connectivity index (χ3v) is 5.47. The summed E-state index contributed by atoms with van der Waals surface area (Å²) in [5.74, 6) is 0.522. The summed E-state index contributed by atoms with van der Waals surface area (Å²) in [5.41, 5.74) is 6.53. The summed E-state index contributed by atoms with van der Waals surface area (Å²) in [4.78, 5) is 24.7. The van der Waals surface area contributed by atoms with E-state index in [1.165, 1.54) is 5.56 Å². The van der Waals surface area contributed by atoms with Crippen molar-refractivity contribution in [3.8, 4) is 11.5 Å². The van der Waals surface area contributed by atoms with E-state index in [1.54, 1.807) is 6.07 Å². The van der Waals surface area contributed by atoms with Crippen LogP contribution in [0.1, 0.15) is 43.7 Å². The topological polar surface area (TPSA) is 73.9 Å². The third-order valence-electron chi connectivity index (χ3n) is 5.47. The monoisotopic (exact) mass is 383 g/mol. The minimum absolute atomic E-state index is 0.206. The van der Waals surface area contributed by atoms with E-state index < -0.39 is 5.97 Å². The van der Waals surface area contributed by atoms with E-state index >= 15 is 0 Å². The van der Waals surface area contributed by atoms with Crippen LogP contribution < -0.4 is 14.8 Å². The Morgan fingerprint density at radius 3 is 2.21 bits per heavy atom. The van der Waals surface area contributed by atoms with Crippen LogP contribution in [0.2, 0.25) is 0 Å². The molecule has 0 fully saturated rings. The lowest BCUT2D eigenvalue weighted by molar-refractivity contribution is -0.124. The minimum Gasteiger partial charge on any atom is -0.454 e. The first-order valence-corrected chi connectivity index (χ1v) is 9.19. The predicted molar refractivity (Wildman–Crippen MR) is 105 cm³/mol. The van der Waals surface area contributed by atoms with Crippen LogP contribution in [0.15, 0.2) is 18.2 Å². The Labute approximate surface area is 164 Å². The van der Waals surface area contributed by atoms with E-state index in [9.17, 15) is 9.59 Å². The molecule has 1 amide bonds. The molecule has 1 heterocycles. The van der Waals surface area contributed by atoms with Crippen LogP contribution >= 0.6 is 0 Å². The maximum Gasteiger partial charge on any atom is 0.339 e. The van der Waals surface area contributed by atoms with E-state index in [4.69, 9.17) is 14.2 Å². The zero-order valence-corrected chi connectivity index (χ0v) is 16.9. The molecule has 0 aromatic heterocycles. The molecule has 0 unspecified atom stereocenters. The average Bonchev–Trinajstić information content (AvgIpc) is 3.15. The fourth-order valence-corrected chi connectivity index (χ4v) is 3.31. The molecule has 0 saturated heterocycles. The van der Waals surface area contributed by atoms with Gasteiger partial charge >= 0.3 is 5.97 Å². The lowest BCUT2D eigenvalue weighted by Gasteiger charge is -2.17. The second-order valence-electron chi connectivity index (χ2n) is 7.04. The van der Waals surface area contributed by atoms with Gasteiger partial charge in [-0.1, -0.05) is 6.07 Å². The molecule has 6 nitrogen and oxygen atoms in total. The Bertz CT molecular complexity index is 919. The lowest BCUT2D eigenvalue weighted by atomic mass is 9.90. The number of esters is 1. The average molecular weight is 383 g/mol. The van der Waals surface area contributed by atoms with Crippen molar-refractivity contribution < 1.29 is 23.8 Å². The van der Waals surface area contributed by atoms with Gasteiger partial charge in [0, 0.05) is 6.54 Å². The highest BCUT2D eigenvalue weighted by molar-refractivity contribution is 5.95. The predicted octanol–water partition coefficient (Wildman–Crippen LogP) is 3.43. The van der Waals surface area contributed by atoms with Gasteiger partial charge in [0.15, 0.2) is 18.1 Å². The molecular weight excluding hydrogens is 358 g/mol. The number of carbonyl (C=O) groups excluding carboxylic acids is 2. The summed E-state index contributed by atoms with van der Waals surface area (Å²) in [6.07, 6.45) is 0. The molecule has 0 radical (unpaired) electrons. The maximum absolute atomic E-state index is 12.6. The second-order valence-corrected chi connectivity index (χ2v) is 7.04. The summed E-state index contributed by atoms with van der Waals surface area (Å²) in [7, 11) is 0. The van der Waals surface area contributed by atoms with Gasteiger partial charge in [-0.25, -0.2) is 4.79 Å². The van der Waals surface area contributed by atoms with Gasteiger partial charge in [0.25, 0.3) is 5.91 Å². The molecule has 0 atom stereocenters. The molecule has 0 bridgehead atoms. The highest BCUT2D eigenvalue weighted by Crippen LogP contribution is 2.32. The van der Waals surface area contributed by atoms with E-state index in [1.807, 2.05) is 46.8 Å². The molecular formula is C22H25NO5. The highest BCUT2D eigenvalue weighted by Gasteiger charge is 2.20. The van der Waals surface area contributed by atoms with Gasteiger partial charge in [0.2, 0.25) is 6.79 Å². The van der Waals surface area contributed by atoms with Crippen molar-refractivity contribution in [2.24, 2.45) is 0 Å². The smallest absolute Gasteiger partial charge is 0.339 e. The SMILES string of the molecule is Cc1c(C)c(C)c(C(=O)OCC(=O)NCc2ccc3c(c2)OCO3)c(C)c1C. The van der Waals surface area contributed by atoms with E-state index in [0.717, 1.165) is 27.8 Å². The first-order valence-electron chi connectivity index (χ1n) is 9.19. The van der Waals surface area contributed by atoms with Crippen LogP contribution in [0.25, 0.3) is 0 Å². The zero-order chi connectivity index (χ0) is 20.4. The molecule has 2 aromatic rings. The number of hydrogen-bond donors (Lipinski definition) is 1. The highest BCUT2D eigenvalue weighted by atomic mass is 16.7. The Morgan fingerprint density at radius 2 is 1.54 bits per heavy atom. The number of hydrogen-bond acceptors (Lipinski definition) is 5. The van der Waals surface area contributed by atoms with Crippen molar-refractivity contribution in [1.29, 1.82) is 0 Å². The van der Waals surface area contributed by atoms with Gasteiger partial charge in [-0.15, -0.1) is 0 Å². The van der Waals surface area contributed by atoms with Crippen LogP contribution in [0.5, 0.6) is 11.5 Å². The van der Waals surface area contributed by atoms with E-state index in [2.05, 4.69) is 5.32 Å². The molecule has 2 aromatic carbocycles. The van der Waals surface area contributed by atoms with Gasteiger partial charge < -0.3 is 19.5 Å². The standard InChI is InChI=1S/C22H25NO5/c1-12-13(2)15(4)21(16(5)14(12)3)22(25)26-10-20(24)23-9-17-6-7-18-19(8-17)28-11-27-18/h6-8H,9-11H2,1-5H3,(H,23,24). The van der Waals surface area contributed by atoms with Gasteiger partial charge in [0.1, 0.15) is 0 Å². The molecule has 0 aliphatic carbocycles. The first-order chi connectivity index (χ1) is 13.3. The third kappa shape index (κ3) is 3.81. The quantitative estimate of drug-likeness (QED) is 0.801. The number of fused-ring (bicyclic) bond motifs is 1. The van der Waals surface area contributed by atoms with Crippen molar-refractivity contribution >= 4 is 11.9 Å². The van der Waals surface area contributed by atoms with Crippen molar-refractivity contribution in [2.75, 3.05) is 13.4 Å². The summed E-state index contributed by atoms with van der Waals surface area (Å²) in [6.45, 7) is 10.0. The summed E-state index contributed by atoms with van der Waals surface area (Å²) >= 11 is 0. The summed E-state index contributed by atoms with van der Waals surface area (Å²) in [5, 5.41) is 2.75. The Hall–Kier alpha value is -3.02. The summed E-state index contributed by atoms with van der Waals surface area (Å²) < 4.78 is 15.9. The van der Waals surface area contributed by atoms with Crippen molar-refractivity contribution in [1.82, 2.24) is 5.32 Å². The van der Waals surface area contributed by atoms with Crippen LogP contribution in [-0.4, -0.2) is 25.3 Å². The molecule has 0 spiro atoms. The minimum atomic E-state index is -0.473. The number of ether oxygens (including phenoxy) is 3. The largest absolute Gasteiger partial charge is 0.454 e. The maximum atomic E-state index is 12.6. The van der Waals surface area contributed by atoms with Crippen molar-refractivity contribution in [3.63, 3.8) is 0 Å². The first kappa shape index (κ1) is 19.7. The van der Waals surface area contributed by atoms with Crippen LogP contribution in [0.4, 0.5) is 0 Å². The number of carbonyl (C=O) groups is 2. The van der Waals surface area contributed by atoms with Crippen molar-refractivity contribution in [2.45, 2.75) is 41.2 Å². The normalized spacial score (nSPS) is 12.0. The van der Waals surface area contributed by atoms with E-state index in [0.29, 0.717) is 23.6 Å². The molecule has 3 rings (SSSR count). The Kier molecular flexibility index (Phi) is 5.58. The molecule has 1 N–H and O–H groups in total. The van der Waals surface area contributed by atoms with E-state index in [-0.39, 0.29) is 19.3 Å². The molecule has 6 heteroatoms. The number of amides is 1.